The van der Waals surface area contributed by atoms with E-state index in [4.69, 9.17) is 9.15 Å². The molecule has 162 valence electrons. The molecular weight excluding hydrogens is 438 g/mol. The van der Waals surface area contributed by atoms with Gasteiger partial charge < -0.3 is 9.15 Å². The number of fused-ring (bicyclic) bond motifs is 2. The van der Waals surface area contributed by atoms with Crippen molar-refractivity contribution >= 4 is 33.2 Å². The Balaban J connectivity index is 1.33. The summed E-state index contributed by atoms with van der Waals surface area (Å²) in [6.07, 6.45) is 1.63. The molecular formula is C20H15N5O6S. The lowest BCUT2D eigenvalue weighted by Gasteiger charge is -2.02. The number of esters is 1. The second-order valence-electron chi connectivity index (χ2n) is 7.21. The maximum Gasteiger partial charge on any atom is 0.349 e. The molecule has 0 N–H and O–H groups in total. The van der Waals surface area contributed by atoms with E-state index in [1.165, 1.54) is 24.3 Å². The molecule has 0 atom stereocenters. The van der Waals surface area contributed by atoms with Crippen LogP contribution in [0, 0.1) is 17.0 Å². The van der Waals surface area contributed by atoms with Gasteiger partial charge in [0.25, 0.3) is 17.1 Å². The highest BCUT2D eigenvalue weighted by Crippen LogP contribution is 2.29. The number of rotatable bonds is 5. The summed E-state index contributed by atoms with van der Waals surface area (Å²) >= 11 is 1.13. The van der Waals surface area contributed by atoms with Gasteiger partial charge in [-0.25, -0.2) is 9.78 Å². The second-order valence-corrected chi connectivity index (χ2v) is 8.20. The average molecular weight is 453 g/mol. The van der Waals surface area contributed by atoms with E-state index in [-0.39, 0.29) is 29.6 Å². The summed E-state index contributed by atoms with van der Waals surface area (Å²) in [5, 5.41) is 18.9. The highest BCUT2D eigenvalue weighted by molar-refractivity contribution is 7.20. The van der Waals surface area contributed by atoms with Gasteiger partial charge in [-0.15, -0.1) is 21.5 Å². The zero-order valence-electron chi connectivity index (χ0n) is 16.7. The smallest absolute Gasteiger partial charge is 0.349 e. The number of nitro groups is 1. The number of nitrogens with zero attached hydrogens (tertiary/aromatic N) is 5. The quantitative estimate of drug-likeness (QED) is 0.253. The standard InChI is InChI=1S/C20H15N5O6S/c1-10-15-18(21-13-3-2-8-24(13)19(15)26)32-16(10)20(27)30-9-14-22-23-17(31-14)11-4-6-12(7-5-11)25(28)29/h4-7H,2-3,8-9H2,1H3. The van der Waals surface area contributed by atoms with Crippen molar-refractivity contribution in [2.75, 3.05) is 0 Å². The Kier molecular flexibility index (Phi) is 4.78. The van der Waals surface area contributed by atoms with Crippen molar-refractivity contribution in [1.82, 2.24) is 19.7 Å². The fourth-order valence-electron chi connectivity index (χ4n) is 3.62. The fourth-order valence-corrected chi connectivity index (χ4v) is 4.70. The normalized spacial score (nSPS) is 12.8. The zero-order chi connectivity index (χ0) is 22.4. The molecule has 11 nitrogen and oxygen atoms in total. The van der Waals surface area contributed by atoms with Gasteiger partial charge in [-0.1, -0.05) is 0 Å². The van der Waals surface area contributed by atoms with Crippen LogP contribution in [0.4, 0.5) is 5.69 Å². The molecule has 0 unspecified atom stereocenters. The molecule has 0 aliphatic carbocycles. The van der Waals surface area contributed by atoms with Crippen LogP contribution in [0.2, 0.25) is 0 Å². The van der Waals surface area contributed by atoms with Crippen molar-refractivity contribution in [3.63, 3.8) is 0 Å². The highest BCUT2D eigenvalue weighted by atomic mass is 32.1. The number of nitro benzene ring substituents is 1. The maximum absolute atomic E-state index is 12.8. The van der Waals surface area contributed by atoms with E-state index in [0.717, 1.165) is 30.0 Å². The molecule has 0 radical (unpaired) electrons. The highest BCUT2D eigenvalue weighted by Gasteiger charge is 2.24. The van der Waals surface area contributed by atoms with Crippen LogP contribution in [0.25, 0.3) is 21.7 Å². The average Bonchev–Trinajstić information content (AvgIpc) is 3.51. The molecule has 0 amide bonds. The van der Waals surface area contributed by atoms with Gasteiger partial charge in [0.1, 0.15) is 15.5 Å². The number of benzene rings is 1. The van der Waals surface area contributed by atoms with Gasteiger partial charge in [0.2, 0.25) is 5.89 Å². The topological polar surface area (TPSA) is 143 Å². The molecule has 1 aromatic carbocycles. The molecule has 0 spiro atoms. The van der Waals surface area contributed by atoms with Crippen LogP contribution in [0.1, 0.15) is 33.4 Å². The van der Waals surface area contributed by atoms with E-state index in [2.05, 4.69) is 15.2 Å². The largest absolute Gasteiger partial charge is 0.451 e. The van der Waals surface area contributed by atoms with Crippen LogP contribution in [0.15, 0.2) is 33.5 Å². The first-order chi connectivity index (χ1) is 15.4. The third-order valence-electron chi connectivity index (χ3n) is 5.22. The number of aromatic nitrogens is 4. The molecule has 32 heavy (non-hydrogen) atoms. The lowest BCUT2D eigenvalue weighted by atomic mass is 10.2. The van der Waals surface area contributed by atoms with E-state index >= 15 is 0 Å². The first-order valence-electron chi connectivity index (χ1n) is 9.69. The molecule has 3 aromatic heterocycles. The lowest BCUT2D eigenvalue weighted by molar-refractivity contribution is -0.384. The minimum atomic E-state index is -0.606. The van der Waals surface area contributed by atoms with E-state index in [9.17, 15) is 19.7 Å². The Morgan fingerprint density at radius 1 is 1.31 bits per heavy atom. The summed E-state index contributed by atoms with van der Waals surface area (Å²) in [7, 11) is 0. The van der Waals surface area contributed by atoms with Crippen LogP contribution in [0.5, 0.6) is 0 Å². The summed E-state index contributed by atoms with van der Waals surface area (Å²) in [5.74, 6) is 0.358. The molecule has 0 saturated carbocycles. The molecule has 12 heteroatoms. The number of thiophene rings is 1. The molecule has 4 aromatic rings. The van der Waals surface area contributed by atoms with Gasteiger partial charge >= 0.3 is 5.97 Å². The Morgan fingerprint density at radius 2 is 2.09 bits per heavy atom. The summed E-state index contributed by atoms with van der Waals surface area (Å²) in [5.41, 5.74) is 0.868. The third-order valence-corrected chi connectivity index (χ3v) is 6.38. The number of ether oxygens (including phenoxy) is 1. The minimum Gasteiger partial charge on any atom is -0.451 e. The van der Waals surface area contributed by atoms with Crippen LogP contribution in [0.3, 0.4) is 0 Å². The first-order valence-corrected chi connectivity index (χ1v) is 10.5. The van der Waals surface area contributed by atoms with Crippen LogP contribution >= 0.6 is 11.3 Å². The van der Waals surface area contributed by atoms with Crippen LogP contribution in [-0.4, -0.2) is 30.6 Å². The van der Waals surface area contributed by atoms with E-state index in [1.54, 1.807) is 11.5 Å². The van der Waals surface area contributed by atoms with Crippen molar-refractivity contribution in [3.05, 3.63) is 66.9 Å². The number of non-ortho nitro benzene ring substituents is 1. The maximum atomic E-state index is 12.8. The molecule has 0 fully saturated rings. The Hall–Kier alpha value is -3.93. The Labute approximate surface area is 183 Å². The fraction of sp³-hybridized carbons (Fsp3) is 0.250. The molecule has 0 saturated heterocycles. The molecule has 4 heterocycles. The van der Waals surface area contributed by atoms with Gasteiger partial charge in [-0.3, -0.25) is 19.5 Å². The van der Waals surface area contributed by atoms with Crippen LogP contribution < -0.4 is 5.56 Å². The van der Waals surface area contributed by atoms with E-state index in [1.807, 2.05) is 0 Å². The predicted molar refractivity (Wildman–Crippen MR) is 112 cm³/mol. The zero-order valence-corrected chi connectivity index (χ0v) is 17.5. The summed E-state index contributed by atoms with van der Waals surface area (Å²) in [4.78, 5) is 41.0. The van der Waals surface area contributed by atoms with Crippen molar-refractivity contribution in [3.8, 4) is 11.5 Å². The SMILES string of the molecule is Cc1c(C(=O)OCc2nnc(-c3ccc([N+](=O)[O-])cc3)o2)sc2nc3n(c(=O)c12)CCC3. The van der Waals surface area contributed by atoms with Gasteiger partial charge in [-0.05, 0) is 31.0 Å². The van der Waals surface area contributed by atoms with Gasteiger partial charge in [0.05, 0.1) is 10.3 Å². The summed E-state index contributed by atoms with van der Waals surface area (Å²) in [6.45, 7) is 2.09. The third kappa shape index (κ3) is 3.34. The molecule has 0 bridgehead atoms. The van der Waals surface area contributed by atoms with Gasteiger partial charge in [-0.2, -0.15) is 0 Å². The number of carbonyl (C=O) groups excluding carboxylic acids is 1. The van der Waals surface area contributed by atoms with Crippen molar-refractivity contribution < 1.29 is 18.9 Å². The van der Waals surface area contributed by atoms with Gasteiger partial charge in [0.15, 0.2) is 6.61 Å². The van der Waals surface area contributed by atoms with Crippen molar-refractivity contribution in [1.29, 1.82) is 0 Å². The predicted octanol–water partition coefficient (Wildman–Crippen LogP) is 3.03. The van der Waals surface area contributed by atoms with Crippen molar-refractivity contribution in [2.45, 2.75) is 32.9 Å². The number of hydrogen-bond donors (Lipinski definition) is 0. The summed E-state index contributed by atoms with van der Waals surface area (Å²) in [6, 6.07) is 5.64. The molecule has 1 aliphatic rings. The second kappa shape index (κ2) is 7.64. The van der Waals surface area contributed by atoms with E-state index < -0.39 is 10.9 Å². The lowest BCUT2D eigenvalue weighted by Crippen LogP contribution is -2.20. The first kappa shape index (κ1) is 20.0. The molecule has 1 aliphatic heterocycles. The summed E-state index contributed by atoms with van der Waals surface area (Å²) < 4.78 is 12.5. The number of hydrogen-bond acceptors (Lipinski definition) is 10. The minimum absolute atomic E-state index is 0.0551. The van der Waals surface area contributed by atoms with Crippen molar-refractivity contribution in [2.24, 2.45) is 0 Å². The Bertz CT molecular complexity index is 1440. The monoisotopic (exact) mass is 453 g/mol. The van der Waals surface area contributed by atoms with Crippen LogP contribution in [-0.2, 0) is 24.3 Å². The van der Waals surface area contributed by atoms with Gasteiger partial charge in [0, 0.05) is 30.7 Å². The Morgan fingerprint density at radius 3 is 2.84 bits per heavy atom. The molecule has 5 rings (SSSR count). The number of aryl methyl sites for hydroxylation is 2. The van der Waals surface area contributed by atoms with E-state index in [0.29, 0.717) is 32.8 Å². The number of carbonyl (C=O) groups is 1.